The molecule has 0 radical (unpaired) electrons. The van der Waals surface area contributed by atoms with Gasteiger partial charge in [0.05, 0.1) is 4.92 Å². The van der Waals surface area contributed by atoms with Crippen LogP contribution in [0.1, 0.15) is 11.1 Å². The van der Waals surface area contributed by atoms with Gasteiger partial charge in [0, 0.05) is 16.4 Å². The highest BCUT2D eigenvalue weighted by molar-refractivity contribution is 6.30. The van der Waals surface area contributed by atoms with E-state index in [2.05, 4.69) is 20.6 Å². The van der Waals surface area contributed by atoms with Gasteiger partial charge >= 0.3 is 5.69 Å². The molecule has 1 heterocycles. The number of nitrogens with zero attached hydrogens (tertiary/aromatic N) is 3. The Labute approximate surface area is 160 Å². The van der Waals surface area contributed by atoms with E-state index in [0.29, 0.717) is 10.7 Å². The maximum atomic E-state index is 11.4. The lowest BCUT2D eigenvalue weighted by molar-refractivity contribution is -0.383. The van der Waals surface area contributed by atoms with Gasteiger partial charge in [-0.2, -0.15) is 9.97 Å². The molecule has 0 unspecified atom stereocenters. The third-order valence-electron chi connectivity index (χ3n) is 3.96. The molecule has 0 bridgehead atoms. The summed E-state index contributed by atoms with van der Waals surface area (Å²) in [6.07, 6.45) is 0. The number of nitrogens with two attached hydrogens (primary N) is 1. The monoisotopic (exact) mass is 384 g/mol. The highest BCUT2D eigenvalue weighted by Crippen LogP contribution is 2.32. The molecule has 2 aromatic carbocycles. The van der Waals surface area contributed by atoms with Crippen LogP contribution < -0.4 is 16.4 Å². The summed E-state index contributed by atoms with van der Waals surface area (Å²) in [4.78, 5) is 19.0. The van der Waals surface area contributed by atoms with Crippen molar-refractivity contribution in [2.45, 2.75) is 13.8 Å². The van der Waals surface area contributed by atoms with E-state index in [1.165, 1.54) is 0 Å². The van der Waals surface area contributed by atoms with Crippen LogP contribution in [0.3, 0.4) is 0 Å². The van der Waals surface area contributed by atoms with Crippen molar-refractivity contribution in [3.05, 3.63) is 68.7 Å². The van der Waals surface area contributed by atoms with Crippen LogP contribution in [0.4, 0.5) is 34.6 Å². The number of anilines is 5. The lowest BCUT2D eigenvalue weighted by Crippen LogP contribution is -2.08. The molecule has 4 N–H and O–H groups in total. The minimum Gasteiger partial charge on any atom is -0.378 e. The maximum absolute atomic E-state index is 11.4. The molecule has 0 fully saturated rings. The Morgan fingerprint density at radius 1 is 1.00 bits per heavy atom. The number of rotatable bonds is 5. The predicted octanol–water partition coefficient (Wildman–Crippen LogP) is 4.72. The summed E-state index contributed by atoms with van der Waals surface area (Å²) in [5.74, 6) is -0.100. The van der Waals surface area contributed by atoms with E-state index >= 15 is 0 Å². The van der Waals surface area contributed by atoms with Crippen LogP contribution >= 0.6 is 11.6 Å². The number of nitrogen functional groups attached to an aromatic ring is 1. The van der Waals surface area contributed by atoms with Crippen LogP contribution in [0, 0.1) is 24.0 Å². The van der Waals surface area contributed by atoms with E-state index in [1.54, 1.807) is 24.3 Å². The van der Waals surface area contributed by atoms with Crippen molar-refractivity contribution in [3.63, 3.8) is 0 Å². The van der Waals surface area contributed by atoms with Gasteiger partial charge in [0.1, 0.15) is 0 Å². The number of aromatic nitrogens is 2. The van der Waals surface area contributed by atoms with E-state index in [1.807, 2.05) is 32.0 Å². The van der Waals surface area contributed by atoms with Crippen molar-refractivity contribution in [2.24, 2.45) is 0 Å². The molecule has 0 amide bonds. The van der Waals surface area contributed by atoms with Gasteiger partial charge in [0.2, 0.25) is 17.6 Å². The summed E-state index contributed by atoms with van der Waals surface area (Å²) in [6, 6.07) is 12.4. The van der Waals surface area contributed by atoms with Gasteiger partial charge in [-0.15, -0.1) is 0 Å². The van der Waals surface area contributed by atoms with Crippen LogP contribution in [0.2, 0.25) is 5.02 Å². The smallest absolute Gasteiger partial charge is 0.353 e. The quantitative estimate of drug-likeness (QED) is 0.430. The van der Waals surface area contributed by atoms with Crippen molar-refractivity contribution in [3.8, 4) is 0 Å². The molecule has 3 aromatic rings. The van der Waals surface area contributed by atoms with Crippen molar-refractivity contribution < 1.29 is 4.92 Å². The molecule has 138 valence electrons. The SMILES string of the molecule is Cc1ccc(Nc2nc(N)c([N+](=O)[O-])c(Nc3ccc(Cl)cc3)n2)cc1C. The highest BCUT2D eigenvalue weighted by atomic mass is 35.5. The molecule has 0 atom stereocenters. The number of aryl methyl sites for hydroxylation is 2. The molecule has 0 aliphatic carbocycles. The number of hydrogen-bond acceptors (Lipinski definition) is 7. The largest absolute Gasteiger partial charge is 0.378 e. The van der Waals surface area contributed by atoms with Crippen molar-refractivity contribution >= 4 is 46.2 Å². The van der Waals surface area contributed by atoms with Gasteiger partial charge < -0.3 is 16.4 Å². The number of benzene rings is 2. The standard InChI is InChI=1S/C18H17ClN6O2/c1-10-3-6-14(9-11(10)2)22-18-23-16(20)15(25(26)27)17(24-18)21-13-7-4-12(19)5-8-13/h3-9H,1-2H3,(H4,20,21,22,23,24). The van der Waals surface area contributed by atoms with Gasteiger partial charge in [-0.25, -0.2) is 0 Å². The topological polar surface area (TPSA) is 119 Å². The number of nitrogens with one attached hydrogen (secondary N) is 2. The zero-order chi connectivity index (χ0) is 19.6. The van der Waals surface area contributed by atoms with Crippen LogP contribution in [-0.4, -0.2) is 14.9 Å². The first kappa shape index (κ1) is 18.4. The number of hydrogen-bond donors (Lipinski definition) is 3. The second kappa shape index (κ2) is 7.46. The third kappa shape index (κ3) is 4.24. The van der Waals surface area contributed by atoms with Gasteiger partial charge in [0.25, 0.3) is 0 Å². The molecule has 0 saturated carbocycles. The number of halogens is 1. The van der Waals surface area contributed by atoms with E-state index < -0.39 is 10.6 Å². The molecule has 27 heavy (non-hydrogen) atoms. The van der Waals surface area contributed by atoms with Gasteiger partial charge in [-0.05, 0) is 61.4 Å². The molecule has 8 nitrogen and oxygen atoms in total. The fourth-order valence-electron chi connectivity index (χ4n) is 2.41. The lowest BCUT2D eigenvalue weighted by Gasteiger charge is -2.11. The van der Waals surface area contributed by atoms with Gasteiger partial charge in [-0.3, -0.25) is 10.1 Å². The highest BCUT2D eigenvalue weighted by Gasteiger charge is 2.23. The molecule has 0 aliphatic heterocycles. The molecule has 0 spiro atoms. The average molecular weight is 385 g/mol. The first-order chi connectivity index (χ1) is 12.8. The Bertz CT molecular complexity index is 1010. The Hall–Kier alpha value is -3.39. The summed E-state index contributed by atoms with van der Waals surface area (Å²) >= 11 is 5.87. The molecule has 9 heteroatoms. The zero-order valence-corrected chi connectivity index (χ0v) is 15.4. The third-order valence-corrected chi connectivity index (χ3v) is 4.22. The second-order valence-electron chi connectivity index (χ2n) is 5.94. The molecular formula is C18H17ClN6O2. The van der Waals surface area contributed by atoms with E-state index in [-0.39, 0.29) is 17.6 Å². The fourth-order valence-corrected chi connectivity index (χ4v) is 2.54. The van der Waals surface area contributed by atoms with E-state index in [0.717, 1.165) is 16.8 Å². The minimum atomic E-state index is -0.618. The van der Waals surface area contributed by atoms with E-state index in [9.17, 15) is 10.1 Å². The summed E-state index contributed by atoms with van der Waals surface area (Å²) in [5.41, 5.74) is 9.00. The minimum absolute atomic E-state index is 0.0128. The van der Waals surface area contributed by atoms with Gasteiger partial charge in [0.15, 0.2) is 0 Å². The van der Waals surface area contributed by atoms with Crippen molar-refractivity contribution in [2.75, 3.05) is 16.4 Å². The maximum Gasteiger partial charge on any atom is 0.353 e. The Morgan fingerprint density at radius 3 is 2.30 bits per heavy atom. The van der Waals surface area contributed by atoms with E-state index in [4.69, 9.17) is 17.3 Å². The normalized spacial score (nSPS) is 10.5. The summed E-state index contributed by atoms with van der Waals surface area (Å²) < 4.78 is 0. The lowest BCUT2D eigenvalue weighted by atomic mass is 10.1. The predicted molar refractivity (Wildman–Crippen MR) is 107 cm³/mol. The van der Waals surface area contributed by atoms with Gasteiger partial charge in [-0.1, -0.05) is 17.7 Å². The first-order valence-corrected chi connectivity index (χ1v) is 8.40. The second-order valence-corrected chi connectivity index (χ2v) is 6.38. The zero-order valence-electron chi connectivity index (χ0n) is 14.7. The Morgan fingerprint density at radius 2 is 1.67 bits per heavy atom. The summed E-state index contributed by atoms with van der Waals surface area (Å²) in [7, 11) is 0. The van der Waals surface area contributed by atoms with Crippen LogP contribution in [0.15, 0.2) is 42.5 Å². The molecule has 0 aliphatic rings. The first-order valence-electron chi connectivity index (χ1n) is 8.02. The van der Waals surface area contributed by atoms with Crippen molar-refractivity contribution in [1.82, 2.24) is 9.97 Å². The number of nitro groups is 1. The summed E-state index contributed by atoms with van der Waals surface area (Å²) in [5, 5.41) is 17.9. The molecule has 0 saturated heterocycles. The molecule has 1 aromatic heterocycles. The molecular weight excluding hydrogens is 368 g/mol. The van der Waals surface area contributed by atoms with Crippen LogP contribution in [-0.2, 0) is 0 Å². The average Bonchev–Trinajstić information content (AvgIpc) is 2.59. The Kier molecular flexibility index (Phi) is 5.09. The molecule has 3 rings (SSSR count). The summed E-state index contributed by atoms with van der Waals surface area (Å²) in [6.45, 7) is 3.99. The fraction of sp³-hybridized carbons (Fsp3) is 0.111. The van der Waals surface area contributed by atoms with Crippen LogP contribution in [0.25, 0.3) is 0 Å². The Balaban J connectivity index is 1.98. The van der Waals surface area contributed by atoms with Crippen LogP contribution in [0.5, 0.6) is 0 Å². The van der Waals surface area contributed by atoms with Crippen molar-refractivity contribution in [1.29, 1.82) is 0 Å².